The molecule has 0 nitrogen and oxygen atoms in total. The number of rotatable bonds is 3. The molecule has 1 aliphatic heterocycles. The van der Waals surface area contributed by atoms with Crippen molar-refractivity contribution in [1.82, 2.24) is 0 Å². The van der Waals surface area contributed by atoms with Crippen molar-refractivity contribution >= 4 is 48.8 Å². The molecule has 0 radical (unpaired) electrons. The van der Waals surface area contributed by atoms with Crippen LogP contribution in [0.3, 0.4) is 0 Å². The predicted molar refractivity (Wildman–Crippen MR) is 64.8 cm³/mol. The fourth-order valence-electron chi connectivity index (χ4n) is 0.999. The third-order valence-electron chi connectivity index (χ3n) is 1.69. The summed E-state index contributed by atoms with van der Waals surface area (Å²) in [7, 11) is 0. The maximum absolute atomic E-state index is 4.30. The van der Waals surface area contributed by atoms with Crippen LogP contribution < -0.4 is 0 Å². The molecule has 2 atom stereocenters. The van der Waals surface area contributed by atoms with E-state index in [0.29, 0.717) is 0 Å². The van der Waals surface area contributed by atoms with E-state index in [1.165, 1.54) is 17.9 Å². The van der Waals surface area contributed by atoms with Gasteiger partial charge in [0.05, 0.1) is 0 Å². The Morgan fingerprint density at radius 3 is 2.18 bits per heavy atom. The molecule has 1 saturated heterocycles. The summed E-state index contributed by atoms with van der Waals surface area (Å²) in [5.74, 6) is 4.65. The highest BCUT2D eigenvalue weighted by molar-refractivity contribution is 8.07. The maximum Gasteiger partial charge on any atom is 0.0226 e. The molecule has 0 aromatic carbocycles. The van der Waals surface area contributed by atoms with Gasteiger partial charge in [-0.15, -0.1) is 0 Å². The Hall–Kier alpha value is 1.40. The zero-order valence-electron chi connectivity index (χ0n) is 6.40. The third-order valence-corrected chi connectivity index (χ3v) is 5.93. The van der Waals surface area contributed by atoms with E-state index < -0.39 is 0 Å². The Balaban J connectivity index is 2.14. The van der Waals surface area contributed by atoms with Gasteiger partial charge < -0.3 is 0 Å². The van der Waals surface area contributed by atoms with Crippen LogP contribution in [0, 0.1) is 0 Å². The standard InChI is InChI=1S/C7H14S4/c8-2-1-6-4-11-7(3-9)5-10-6/h6-9H,1-5H2. The highest BCUT2D eigenvalue weighted by atomic mass is 32.2. The van der Waals surface area contributed by atoms with Crippen LogP contribution in [0.25, 0.3) is 0 Å². The monoisotopic (exact) mass is 226 g/mol. The van der Waals surface area contributed by atoms with Crippen molar-refractivity contribution in [1.29, 1.82) is 0 Å². The van der Waals surface area contributed by atoms with Crippen molar-refractivity contribution in [3.05, 3.63) is 0 Å². The summed E-state index contributed by atoms with van der Waals surface area (Å²) in [6.07, 6.45) is 1.26. The molecular weight excluding hydrogens is 212 g/mol. The molecule has 66 valence electrons. The van der Waals surface area contributed by atoms with E-state index >= 15 is 0 Å². The lowest BCUT2D eigenvalue weighted by molar-refractivity contribution is 0.912. The van der Waals surface area contributed by atoms with Crippen LogP contribution >= 0.6 is 48.8 Å². The van der Waals surface area contributed by atoms with Gasteiger partial charge in [0.25, 0.3) is 0 Å². The minimum atomic E-state index is 0.791. The maximum atomic E-state index is 4.30. The Morgan fingerprint density at radius 1 is 1.09 bits per heavy atom. The SMILES string of the molecule is SCCC1CSC(CS)CS1. The molecule has 0 bridgehead atoms. The summed E-state index contributed by atoms with van der Waals surface area (Å²) >= 11 is 12.7. The first kappa shape index (κ1) is 10.5. The molecule has 0 aromatic heterocycles. The lowest BCUT2D eigenvalue weighted by atomic mass is 10.4. The summed E-state index contributed by atoms with van der Waals surface area (Å²) in [6.45, 7) is 0. The first-order valence-electron chi connectivity index (χ1n) is 3.81. The van der Waals surface area contributed by atoms with E-state index in [-0.39, 0.29) is 0 Å². The second kappa shape index (κ2) is 5.95. The van der Waals surface area contributed by atoms with Gasteiger partial charge in [-0.3, -0.25) is 0 Å². The van der Waals surface area contributed by atoms with E-state index in [9.17, 15) is 0 Å². The van der Waals surface area contributed by atoms with E-state index in [4.69, 9.17) is 0 Å². The topological polar surface area (TPSA) is 0 Å². The van der Waals surface area contributed by atoms with Crippen molar-refractivity contribution in [2.24, 2.45) is 0 Å². The van der Waals surface area contributed by atoms with Crippen molar-refractivity contribution in [3.63, 3.8) is 0 Å². The van der Waals surface area contributed by atoms with Gasteiger partial charge in [0.1, 0.15) is 0 Å². The summed E-state index contributed by atoms with van der Waals surface area (Å²) in [5.41, 5.74) is 0. The second-order valence-corrected chi connectivity index (χ2v) is 6.08. The summed E-state index contributed by atoms with van der Waals surface area (Å²) < 4.78 is 0. The van der Waals surface area contributed by atoms with E-state index in [1.807, 2.05) is 0 Å². The number of thioether (sulfide) groups is 2. The normalized spacial score (nSPS) is 32.2. The number of hydrogen-bond acceptors (Lipinski definition) is 4. The minimum absolute atomic E-state index is 0.791. The highest BCUT2D eigenvalue weighted by Gasteiger charge is 2.19. The first-order valence-corrected chi connectivity index (χ1v) is 7.18. The van der Waals surface area contributed by atoms with Crippen molar-refractivity contribution in [2.45, 2.75) is 16.9 Å². The summed E-state index contributed by atoms with van der Waals surface area (Å²) in [6, 6.07) is 0. The number of hydrogen-bond donors (Lipinski definition) is 2. The van der Waals surface area contributed by atoms with Gasteiger partial charge in [-0.1, -0.05) is 0 Å². The quantitative estimate of drug-likeness (QED) is 0.710. The van der Waals surface area contributed by atoms with Gasteiger partial charge in [0, 0.05) is 27.8 Å². The highest BCUT2D eigenvalue weighted by Crippen LogP contribution is 2.31. The lowest BCUT2D eigenvalue weighted by Crippen LogP contribution is -2.22. The van der Waals surface area contributed by atoms with Crippen LogP contribution in [0.5, 0.6) is 0 Å². The van der Waals surface area contributed by atoms with Gasteiger partial charge in [-0.25, -0.2) is 0 Å². The largest absolute Gasteiger partial charge is 0.179 e. The zero-order valence-corrected chi connectivity index (χ0v) is 9.82. The first-order chi connectivity index (χ1) is 5.36. The van der Waals surface area contributed by atoms with Crippen LogP contribution in [-0.4, -0.2) is 33.5 Å². The molecular formula is C7H14S4. The molecule has 2 unspecified atom stereocenters. The fourth-order valence-corrected chi connectivity index (χ4v) is 4.99. The molecule has 0 saturated carbocycles. The molecule has 0 N–H and O–H groups in total. The Bertz CT molecular complexity index is 98.6. The molecule has 0 aliphatic carbocycles. The molecule has 11 heavy (non-hydrogen) atoms. The van der Waals surface area contributed by atoms with E-state index in [2.05, 4.69) is 48.8 Å². The molecule has 1 aliphatic rings. The van der Waals surface area contributed by atoms with Crippen LogP contribution in [0.2, 0.25) is 0 Å². The van der Waals surface area contributed by atoms with Crippen molar-refractivity contribution < 1.29 is 0 Å². The van der Waals surface area contributed by atoms with Crippen molar-refractivity contribution in [2.75, 3.05) is 23.0 Å². The van der Waals surface area contributed by atoms with E-state index in [1.54, 1.807) is 0 Å². The summed E-state index contributed by atoms with van der Waals surface area (Å²) in [4.78, 5) is 0. The molecule has 4 heteroatoms. The van der Waals surface area contributed by atoms with Crippen LogP contribution in [-0.2, 0) is 0 Å². The summed E-state index contributed by atoms with van der Waals surface area (Å²) in [5, 5.41) is 1.65. The number of thiol groups is 2. The average Bonchev–Trinajstić information content (AvgIpc) is 2.07. The van der Waals surface area contributed by atoms with Gasteiger partial charge in [0.15, 0.2) is 0 Å². The smallest absolute Gasteiger partial charge is 0.0226 e. The Morgan fingerprint density at radius 2 is 1.73 bits per heavy atom. The van der Waals surface area contributed by atoms with Crippen LogP contribution in [0.15, 0.2) is 0 Å². The van der Waals surface area contributed by atoms with Crippen LogP contribution in [0.4, 0.5) is 0 Å². The van der Waals surface area contributed by atoms with Crippen molar-refractivity contribution in [3.8, 4) is 0 Å². The lowest BCUT2D eigenvalue weighted by Gasteiger charge is -2.26. The second-order valence-electron chi connectivity index (χ2n) is 2.61. The Kier molecular flexibility index (Phi) is 5.67. The van der Waals surface area contributed by atoms with Gasteiger partial charge in [-0.05, 0) is 12.2 Å². The van der Waals surface area contributed by atoms with E-state index in [0.717, 1.165) is 22.0 Å². The van der Waals surface area contributed by atoms with Crippen LogP contribution in [0.1, 0.15) is 6.42 Å². The molecule has 1 fully saturated rings. The Labute approximate surface area is 88.5 Å². The fraction of sp³-hybridized carbons (Fsp3) is 1.00. The van der Waals surface area contributed by atoms with Gasteiger partial charge in [0.2, 0.25) is 0 Å². The molecule has 0 aromatic rings. The molecule has 0 spiro atoms. The third kappa shape index (κ3) is 3.75. The zero-order chi connectivity index (χ0) is 8.10. The molecule has 1 rings (SSSR count). The van der Waals surface area contributed by atoms with Gasteiger partial charge >= 0.3 is 0 Å². The molecule has 0 amide bonds. The molecule has 1 heterocycles. The predicted octanol–water partition coefficient (Wildman–Crippen LogP) is 2.45. The minimum Gasteiger partial charge on any atom is -0.179 e. The average molecular weight is 226 g/mol. The van der Waals surface area contributed by atoms with Gasteiger partial charge in [-0.2, -0.15) is 48.8 Å².